The van der Waals surface area contributed by atoms with Gasteiger partial charge in [-0.2, -0.15) is 0 Å². The number of benzene rings is 2. The molecule has 2 rings (SSSR count). The zero-order valence-electron chi connectivity index (χ0n) is 12.3. The number of aryl methyl sites for hydroxylation is 3. The maximum atomic E-state index is 6.05. The summed E-state index contributed by atoms with van der Waals surface area (Å²) in [4.78, 5) is 1.13. The van der Waals surface area contributed by atoms with E-state index in [-0.39, 0.29) is 0 Å². The van der Waals surface area contributed by atoms with E-state index in [1.165, 1.54) is 11.1 Å². The van der Waals surface area contributed by atoms with Gasteiger partial charge in [0.05, 0.1) is 6.61 Å². The number of anilines is 1. The molecule has 0 aliphatic carbocycles. The van der Waals surface area contributed by atoms with Gasteiger partial charge in [-0.15, -0.1) is 11.8 Å². The van der Waals surface area contributed by atoms with E-state index in [1.807, 2.05) is 19.1 Å². The number of rotatable bonds is 5. The van der Waals surface area contributed by atoms with Gasteiger partial charge in [-0.25, -0.2) is 0 Å². The molecule has 2 aromatic carbocycles. The smallest absolute Gasteiger partial charge is 0.119 e. The summed E-state index contributed by atoms with van der Waals surface area (Å²) in [7, 11) is 0. The molecule has 2 N–H and O–H groups in total. The van der Waals surface area contributed by atoms with Crippen LogP contribution in [0.25, 0.3) is 0 Å². The number of para-hydroxylation sites is 1. The summed E-state index contributed by atoms with van der Waals surface area (Å²) in [5, 5.41) is 0. The van der Waals surface area contributed by atoms with E-state index < -0.39 is 0 Å². The van der Waals surface area contributed by atoms with E-state index in [9.17, 15) is 0 Å². The van der Waals surface area contributed by atoms with Crippen molar-refractivity contribution >= 4 is 17.4 Å². The molecule has 2 aromatic rings. The molecule has 0 heterocycles. The van der Waals surface area contributed by atoms with E-state index in [2.05, 4.69) is 38.1 Å². The number of nitrogens with two attached hydrogens (primary N) is 1. The van der Waals surface area contributed by atoms with Gasteiger partial charge in [0, 0.05) is 16.3 Å². The Morgan fingerprint density at radius 2 is 1.75 bits per heavy atom. The van der Waals surface area contributed by atoms with Crippen LogP contribution in [0.3, 0.4) is 0 Å². The van der Waals surface area contributed by atoms with E-state index in [1.54, 1.807) is 11.8 Å². The zero-order valence-corrected chi connectivity index (χ0v) is 13.1. The fourth-order valence-electron chi connectivity index (χ4n) is 2.11. The predicted octanol–water partition coefficient (Wildman–Crippen LogP) is 4.37. The molecular weight excluding hydrogens is 266 g/mol. The van der Waals surface area contributed by atoms with Gasteiger partial charge in [0.25, 0.3) is 0 Å². The van der Waals surface area contributed by atoms with Gasteiger partial charge in [0.2, 0.25) is 0 Å². The van der Waals surface area contributed by atoms with Crippen LogP contribution >= 0.6 is 11.8 Å². The normalized spacial score (nSPS) is 10.6. The molecule has 0 unspecified atom stereocenters. The molecule has 0 aliphatic rings. The van der Waals surface area contributed by atoms with E-state index in [0.717, 1.165) is 27.6 Å². The molecular formula is C17H21NOS. The lowest BCUT2D eigenvalue weighted by Gasteiger charge is -2.10. The van der Waals surface area contributed by atoms with E-state index >= 15 is 0 Å². The molecule has 0 radical (unpaired) electrons. The summed E-state index contributed by atoms with van der Waals surface area (Å²) in [5.41, 5.74) is 10.5. The minimum absolute atomic E-state index is 0.681. The van der Waals surface area contributed by atoms with Crippen molar-refractivity contribution in [3.63, 3.8) is 0 Å². The predicted molar refractivity (Wildman–Crippen MR) is 87.7 cm³/mol. The Morgan fingerprint density at radius 3 is 2.45 bits per heavy atom. The number of hydrogen-bond acceptors (Lipinski definition) is 3. The van der Waals surface area contributed by atoms with Crippen LogP contribution in [0.1, 0.15) is 16.7 Å². The van der Waals surface area contributed by atoms with Crippen molar-refractivity contribution in [1.29, 1.82) is 0 Å². The summed E-state index contributed by atoms with van der Waals surface area (Å²) < 4.78 is 5.80. The van der Waals surface area contributed by atoms with Crippen molar-refractivity contribution in [2.45, 2.75) is 25.7 Å². The number of hydrogen-bond donors (Lipinski definition) is 1. The van der Waals surface area contributed by atoms with Gasteiger partial charge in [-0.05, 0) is 55.7 Å². The molecule has 2 nitrogen and oxygen atoms in total. The Bertz CT molecular complexity index is 575. The maximum absolute atomic E-state index is 6.05. The van der Waals surface area contributed by atoms with Gasteiger partial charge in [-0.3, -0.25) is 0 Å². The minimum atomic E-state index is 0.681. The van der Waals surface area contributed by atoms with Gasteiger partial charge in [-0.1, -0.05) is 18.2 Å². The molecule has 0 spiro atoms. The molecule has 0 saturated carbocycles. The van der Waals surface area contributed by atoms with E-state index in [4.69, 9.17) is 10.5 Å². The van der Waals surface area contributed by atoms with Gasteiger partial charge in [0.15, 0.2) is 0 Å². The van der Waals surface area contributed by atoms with Crippen LogP contribution in [0.5, 0.6) is 5.75 Å². The number of thioether (sulfide) groups is 1. The second-order valence-corrected chi connectivity index (χ2v) is 6.14. The highest BCUT2D eigenvalue weighted by Gasteiger charge is 2.02. The van der Waals surface area contributed by atoms with Crippen molar-refractivity contribution in [2.75, 3.05) is 18.1 Å². The summed E-state index contributed by atoms with van der Waals surface area (Å²) in [5.74, 6) is 1.83. The van der Waals surface area contributed by atoms with Crippen molar-refractivity contribution in [3.8, 4) is 5.75 Å². The third kappa shape index (κ3) is 3.94. The molecule has 0 bridgehead atoms. The Labute approximate surface area is 125 Å². The Balaban J connectivity index is 1.86. The molecule has 3 heteroatoms. The molecule has 106 valence electrons. The molecule has 0 saturated heterocycles. The lowest BCUT2D eigenvalue weighted by Crippen LogP contribution is -2.01. The average Bonchev–Trinajstić information content (AvgIpc) is 2.38. The number of nitrogen functional groups attached to an aromatic ring is 1. The maximum Gasteiger partial charge on any atom is 0.119 e. The number of ether oxygens (including phenoxy) is 1. The molecule has 0 atom stereocenters. The van der Waals surface area contributed by atoms with Crippen molar-refractivity contribution in [2.24, 2.45) is 0 Å². The first-order valence-corrected chi connectivity index (χ1v) is 7.74. The van der Waals surface area contributed by atoms with Crippen molar-refractivity contribution in [1.82, 2.24) is 0 Å². The molecule has 0 fully saturated rings. The van der Waals surface area contributed by atoms with Crippen LogP contribution in [0, 0.1) is 20.8 Å². The van der Waals surface area contributed by atoms with Crippen LogP contribution in [-0.2, 0) is 0 Å². The van der Waals surface area contributed by atoms with Crippen LogP contribution in [0.15, 0.2) is 41.3 Å². The average molecular weight is 287 g/mol. The summed E-state index contributed by atoms with van der Waals surface area (Å²) >= 11 is 1.74. The second-order valence-electron chi connectivity index (χ2n) is 5.01. The quantitative estimate of drug-likeness (QED) is 0.504. The molecule has 0 amide bonds. The lowest BCUT2D eigenvalue weighted by molar-refractivity contribution is 0.343. The van der Waals surface area contributed by atoms with Crippen LogP contribution in [-0.4, -0.2) is 12.4 Å². The van der Waals surface area contributed by atoms with Crippen molar-refractivity contribution < 1.29 is 4.74 Å². The Kier molecular flexibility index (Phi) is 4.96. The van der Waals surface area contributed by atoms with Gasteiger partial charge >= 0.3 is 0 Å². The summed E-state index contributed by atoms with van der Waals surface area (Å²) in [6.45, 7) is 6.89. The fraction of sp³-hybridized carbons (Fsp3) is 0.294. The van der Waals surface area contributed by atoms with Crippen molar-refractivity contribution in [3.05, 3.63) is 53.1 Å². The highest BCUT2D eigenvalue weighted by Crippen LogP contribution is 2.27. The van der Waals surface area contributed by atoms with Crippen LogP contribution < -0.4 is 10.5 Å². The second kappa shape index (κ2) is 6.71. The standard InChI is InChI=1S/C17H21NOS/c1-12-9-13(2)11-15(10-12)19-7-8-20-16-6-4-5-14(3)17(16)18/h4-6,9-11H,7-8,18H2,1-3H3. The Hall–Kier alpha value is -1.61. The molecule has 0 aliphatic heterocycles. The summed E-state index contributed by atoms with van der Waals surface area (Å²) in [6, 6.07) is 12.4. The van der Waals surface area contributed by atoms with Crippen LogP contribution in [0.2, 0.25) is 0 Å². The first kappa shape index (κ1) is 14.8. The van der Waals surface area contributed by atoms with Crippen LogP contribution in [0.4, 0.5) is 5.69 Å². The molecule has 0 aromatic heterocycles. The third-order valence-electron chi connectivity index (χ3n) is 3.09. The monoisotopic (exact) mass is 287 g/mol. The zero-order chi connectivity index (χ0) is 14.5. The minimum Gasteiger partial charge on any atom is -0.493 e. The highest BCUT2D eigenvalue weighted by atomic mass is 32.2. The Morgan fingerprint density at radius 1 is 1.05 bits per heavy atom. The fourth-order valence-corrected chi connectivity index (χ4v) is 2.98. The topological polar surface area (TPSA) is 35.2 Å². The highest BCUT2D eigenvalue weighted by molar-refractivity contribution is 7.99. The largest absolute Gasteiger partial charge is 0.493 e. The third-order valence-corrected chi connectivity index (χ3v) is 4.13. The van der Waals surface area contributed by atoms with Gasteiger partial charge in [0.1, 0.15) is 5.75 Å². The summed E-state index contributed by atoms with van der Waals surface area (Å²) in [6.07, 6.45) is 0. The molecule has 20 heavy (non-hydrogen) atoms. The lowest BCUT2D eigenvalue weighted by atomic mass is 10.1. The van der Waals surface area contributed by atoms with E-state index in [0.29, 0.717) is 6.61 Å². The first-order valence-electron chi connectivity index (χ1n) is 6.75. The first-order chi connectivity index (χ1) is 9.56. The van der Waals surface area contributed by atoms with Gasteiger partial charge < -0.3 is 10.5 Å². The SMILES string of the molecule is Cc1cc(C)cc(OCCSc2cccc(C)c2N)c1.